The van der Waals surface area contributed by atoms with Crippen LogP contribution in [0.4, 0.5) is 11.4 Å². The molecule has 0 aliphatic rings. The van der Waals surface area contributed by atoms with E-state index in [1.54, 1.807) is 31.2 Å². The Morgan fingerprint density at radius 3 is 1.96 bits per heavy atom. The Balaban J connectivity index is 0.000000251. The molecule has 8 nitrogen and oxygen atoms in total. The average Bonchev–Trinajstić information content (AvgIpc) is 2.55. The molecule has 0 saturated carbocycles. The highest BCUT2D eigenvalue weighted by molar-refractivity contribution is 5.81. The van der Waals surface area contributed by atoms with Crippen molar-refractivity contribution >= 4 is 17.1 Å². The first-order valence-corrected chi connectivity index (χ1v) is 7.17. The van der Waals surface area contributed by atoms with Crippen molar-refractivity contribution in [1.82, 2.24) is 0 Å². The number of hydrogen-bond donors (Lipinski definition) is 1. The zero-order valence-electron chi connectivity index (χ0n) is 13.5. The van der Waals surface area contributed by atoms with Gasteiger partial charge in [-0.05, 0) is 12.5 Å². The van der Waals surface area contributed by atoms with Gasteiger partial charge in [0.2, 0.25) is 6.54 Å². The third-order valence-electron chi connectivity index (χ3n) is 2.97. The molecule has 0 amide bonds. The molecule has 0 aliphatic heterocycles. The van der Waals surface area contributed by atoms with Crippen LogP contribution in [0.2, 0.25) is 0 Å². The summed E-state index contributed by atoms with van der Waals surface area (Å²) in [5.41, 5.74) is 2.11. The number of benzene rings is 2. The number of nitrogens with one attached hydrogen (secondary N) is 1. The van der Waals surface area contributed by atoms with Crippen LogP contribution in [0.3, 0.4) is 0 Å². The maximum Gasteiger partial charge on any atom is 0.269 e. The minimum absolute atomic E-state index is 0.0381. The lowest BCUT2D eigenvalue weighted by molar-refractivity contribution is -0.385. The molecule has 0 atom stereocenters. The molecule has 2 aromatic rings. The van der Waals surface area contributed by atoms with Gasteiger partial charge in [0.15, 0.2) is 0 Å². The van der Waals surface area contributed by atoms with E-state index in [1.807, 2.05) is 0 Å². The maximum absolute atomic E-state index is 10.4. The summed E-state index contributed by atoms with van der Waals surface area (Å²) >= 11 is 0. The number of rotatable bonds is 5. The Morgan fingerprint density at radius 1 is 1.04 bits per heavy atom. The minimum atomic E-state index is -0.465. The highest BCUT2D eigenvalue weighted by atomic mass is 16.6. The lowest BCUT2D eigenvalue weighted by atomic mass is 10.1. The van der Waals surface area contributed by atoms with Gasteiger partial charge in [0.25, 0.3) is 11.4 Å². The van der Waals surface area contributed by atoms with Crippen molar-refractivity contribution < 1.29 is 9.85 Å². The van der Waals surface area contributed by atoms with Crippen LogP contribution in [0.1, 0.15) is 18.1 Å². The Morgan fingerprint density at radius 2 is 1.52 bits per heavy atom. The van der Waals surface area contributed by atoms with E-state index in [0.717, 1.165) is 5.56 Å². The molecule has 1 N–H and O–H groups in total. The third kappa shape index (κ3) is 7.00. The van der Waals surface area contributed by atoms with E-state index in [4.69, 9.17) is 12.0 Å². The van der Waals surface area contributed by atoms with Gasteiger partial charge in [-0.2, -0.15) is 0 Å². The zero-order chi connectivity index (χ0) is 18.8. The number of non-ortho nitro benzene ring substituents is 2. The summed E-state index contributed by atoms with van der Waals surface area (Å²) < 4.78 is 0. The van der Waals surface area contributed by atoms with E-state index in [9.17, 15) is 20.2 Å². The molecule has 2 aromatic carbocycles. The largest absolute Gasteiger partial charge is 0.312 e. The summed E-state index contributed by atoms with van der Waals surface area (Å²) in [5.74, 6) is 0. The van der Waals surface area contributed by atoms with E-state index in [-0.39, 0.29) is 17.9 Å². The first-order chi connectivity index (χ1) is 11.8. The van der Waals surface area contributed by atoms with Gasteiger partial charge in [-0.15, -0.1) is 0 Å². The topological polar surface area (TPSA) is 114 Å². The smallest absolute Gasteiger partial charge is 0.269 e. The van der Waals surface area contributed by atoms with Gasteiger partial charge >= 0.3 is 0 Å². The fourth-order valence-electron chi connectivity index (χ4n) is 1.95. The number of nitrogens with zero attached hydrogens (tertiary/aromatic N) is 3. The van der Waals surface area contributed by atoms with Crippen molar-refractivity contribution in [2.75, 3.05) is 0 Å². The second kappa shape index (κ2) is 9.52. The van der Waals surface area contributed by atoms with Gasteiger partial charge in [-0.3, -0.25) is 20.2 Å². The van der Waals surface area contributed by atoms with E-state index < -0.39 is 9.85 Å². The Kier molecular flexibility index (Phi) is 7.40. The molecule has 2 rings (SSSR count). The van der Waals surface area contributed by atoms with Crippen LogP contribution in [0, 0.1) is 32.2 Å². The summed E-state index contributed by atoms with van der Waals surface area (Å²) in [7, 11) is 0. The van der Waals surface area contributed by atoms with Gasteiger partial charge in [0, 0.05) is 42.0 Å². The summed E-state index contributed by atoms with van der Waals surface area (Å²) in [6, 6.07) is 12.5. The molecule has 128 valence electrons. The lowest BCUT2D eigenvalue weighted by Gasteiger charge is -1.98. The predicted molar refractivity (Wildman–Crippen MR) is 93.6 cm³/mol. The fourth-order valence-corrected chi connectivity index (χ4v) is 1.95. The summed E-state index contributed by atoms with van der Waals surface area (Å²) in [6.45, 7) is 8.45. The second-order valence-electron chi connectivity index (χ2n) is 5.13. The molecule has 0 spiro atoms. The summed E-state index contributed by atoms with van der Waals surface area (Å²) in [4.78, 5) is 22.9. The van der Waals surface area contributed by atoms with Crippen LogP contribution in [0.15, 0.2) is 48.5 Å². The van der Waals surface area contributed by atoms with E-state index in [2.05, 4.69) is 4.85 Å². The molecule has 0 unspecified atom stereocenters. The van der Waals surface area contributed by atoms with Crippen molar-refractivity contribution in [3.8, 4) is 0 Å². The third-order valence-corrected chi connectivity index (χ3v) is 2.97. The van der Waals surface area contributed by atoms with Crippen LogP contribution < -0.4 is 0 Å². The summed E-state index contributed by atoms with van der Waals surface area (Å²) in [5, 5.41) is 27.9. The van der Waals surface area contributed by atoms with Crippen LogP contribution in [-0.4, -0.2) is 15.6 Å². The van der Waals surface area contributed by atoms with Crippen LogP contribution in [0.5, 0.6) is 0 Å². The van der Waals surface area contributed by atoms with Gasteiger partial charge < -0.3 is 10.3 Å². The number of nitro benzene ring substituents is 2. The fraction of sp³-hybridized carbons (Fsp3) is 0.176. The molecule has 0 radical (unpaired) electrons. The molecular formula is C17H16N4O4. The maximum atomic E-state index is 10.4. The second-order valence-corrected chi connectivity index (χ2v) is 5.13. The van der Waals surface area contributed by atoms with Crippen molar-refractivity contribution in [2.45, 2.75) is 19.9 Å². The Labute approximate surface area is 144 Å². The van der Waals surface area contributed by atoms with Crippen molar-refractivity contribution in [2.24, 2.45) is 0 Å². The van der Waals surface area contributed by atoms with E-state index in [1.165, 1.54) is 24.3 Å². The van der Waals surface area contributed by atoms with Crippen LogP contribution in [0.25, 0.3) is 4.85 Å². The lowest BCUT2D eigenvalue weighted by Crippen LogP contribution is -1.96. The highest BCUT2D eigenvalue weighted by Crippen LogP contribution is 2.14. The molecular weight excluding hydrogens is 324 g/mol. The SMILES string of the molecule is CC(=N)Cc1cccc([N+](=O)[O-])c1.[C-]#[N+]Cc1cccc([N+](=O)[O-])c1. The number of hydrogen-bond acceptors (Lipinski definition) is 5. The van der Waals surface area contributed by atoms with Crippen molar-refractivity contribution in [3.05, 3.63) is 91.3 Å². The molecule has 0 saturated heterocycles. The molecule has 0 bridgehead atoms. The van der Waals surface area contributed by atoms with Gasteiger partial charge in [0.1, 0.15) is 0 Å². The van der Waals surface area contributed by atoms with Crippen LogP contribution >= 0.6 is 0 Å². The average molecular weight is 340 g/mol. The molecule has 8 heteroatoms. The first-order valence-electron chi connectivity index (χ1n) is 7.17. The standard InChI is InChI=1S/C9H10N2O2.C8H6N2O2/c1-7(10)5-8-3-2-4-9(6-8)11(12)13;1-9-6-7-3-2-4-8(5-7)10(11)12/h2-4,6,10H,5H2,1H3;2-5H,6H2. The molecule has 0 heterocycles. The minimum Gasteiger partial charge on any atom is -0.312 e. The van der Waals surface area contributed by atoms with E-state index in [0.29, 0.717) is 17.7 Å². The van der Waals surface area contributed by atoms with Crippen molar-refractivity contribution in [3.63, 3.8) is 0 Å². The normalized spacial score (nSPS) is 9.28. The number of nitro groups is 2. The quantitative estimate of drug-likeness (QED) is 0.380. The molecule has 0 aliphatic carbocycles. The molecule has 0 aromatic heterocycles. The monoisotopic (exact) mass is 340 g/mol. The Hall–Kier alpha value is -3.60. The van der Waals surface area contributed by atoms with Crippen LogP contribution in [-0.2, 0) is 13.0 Å². The van der Waals surface area contributed by atoms with Gasteiger partial charge in [-0.25, -0.2) is 6.57 Å². The predicted octanol–water partition coefficient (Wildman–Crippen LogP) is 4.19. The Bertz CT molecular complexity index is 827. The highest BCUT2D eigenvalue weighted by Gasteiger charge is 2.06. The van der Waals surface area contributed by atoms with E-state index >= 15 is 0 Å². The molecule has 25 heavy (non-hydrogen) atoms. The van der Waals surface area contributed by atoms with Gasteiger partial charge in [-0.1, -0.05) is 24.3 Å². The zero-order valence-corrected chi connectivity index (χ0v) is 13.5. The van der Waals surface area contributed by atoms with Crippen molar-refractivity contribution in [1.29, 1.82) is 5.41 Å². The summed E-state index contributed by atoms with van der Waals surface area (Å²) in [6.07, 6.45) is 0.474. The van der Waals surface area contributed by atoms with Gasteiger partial charge in [0.05, 0.1) is 9.85 Å². The first kappa shape index (κ1) is 19.4. The molecule has 0 fully saturated rings.